The summed E-state index contributed by atoms with van der Waals surface area (Å²) in [6, 6.07) is 0. The van der Waals surface area contributed by atoms with Crippen LogP contribution in [0, 0.1) is 0 Å². The van der Waals surface area contributed by atoms with Gasteiger partial charge in [0.05, 0.1) is 13.2 Å². The van der Waals surface area contributed by atoms with Crippen molar-refractivity contribution in [2.75, 3.05) is 20.3 Å². The van der Waals surface area contributed by atoms with E-state index in [1.807, 2.05) is 25.7 Å². The first-order valence-electron chi connectivity index (χ1n) is 7.16. The number of hydrogen-bond donors (Lipinski definition) is 1. The maximum Gasteiger partial charge on any atom is 0.240 e. The fourth-order valence-corrected chi connectivity index (χ4v) is 2.70. The van der Waals surface area contributed by atoms with Gasteiger partial charge in [-0.2, -0.15) is 4.98 Å². The quantitative estimate of drug-likeness (QED) is 0.865. The minimum Gasteiger partial charge on any atom is -0.382 e. The Hall–Kier alpha value is -1.47. The minimum atomic E-state index is -0.773. The van der Waals surface area contributed by atoms with E-state index in [-0.39, 0.29) is 17.9 Å². The average molecular weight is 296 g/mol. The third-order valence-corrected chi connectivity index (χ3v) is 3.93. The Morgan fingerprint density at radius 1 is 1.52 bits per heavy atom. The van der Waals surface area contributed by atoms with Gasteiger partial charge in [0.2, 0.25) is 11.8 Å². The molecule has 1 fully saturated rings. The van der Waals surface area contributed by atoms with Crippen LogP contribution < -0.4 is 5.73 Å². The smallest absolute Gasteiger partial charge is 0.240 e. The van der Waals surface area contributed by atoms with Gasteiger partial charge in [-0.25, -0.2) is 0 Å². The van der Waals surface area contributed by atoms with Crippen molar-refractivity contribution in [2.45, 2.75) is 51.1 Å². The van der Waals surface area contributed by atoms with Gasteiger partial charge >= 0.3 is 0 Å². The topological polar surface area (TPSA) is 94.5 Å². The van der Waals surface area contributed by atoms with E-state index in [1.165, 1.54) is 0 Å². The van der Waals surface area contributed by atoms with Gasteiger partial charge in [0.25, 0.3) is 0 Å². The molecule has 0 radical (unpaired) electrons. The Kier molecular flexibility index (Phi) is 4.34. The highest BCUT2D eigenvalue weighted by Gasteiger charge is 2.46. The Bertz CT molecular complexity index is 509. The van der Waals surface area contributed by atoms with Gasteiger partial charge in [0.15, 0.2) is 5.82 Å². The van der Waals surface area contributed by atoms with Crippen LogP contribution in [0.15, 0.2) is 4.52 Å². The van der Waals surface area contributed by atoms with Gasteiger partial charge < -0.3 is 15.0 Å². The maximum absolute atomic E-state index is 11.9. The molecular formula is C14H24N4O3. The number of primary amides is 1. The molecule has 21 heavy (non-hydrogen) atoms. The van der Waals surface area contributed by atoms with Crippen LogP contribution in [-0.2, 0) is 21.5 Å². The van der Waals surface area contributed by atoms with Crippen LogP contribution in [-0.4, -0.2) is 46.7 Å². The molecule has 1 aliphatic heterocycles. The number of likely N-dealkylation sites (tertiary alicyclic amines) is 1. The Morgan fingerprint density at radius 2 is 2.24 bits per heavy atom. The first-order chi connectivity index (χ1) is 9.79. The summed E-state index contributed by atoms with van der Waals surface area (Å²) >= 11 is 0. The number of methoxy groups -OCH3 is 1. The zero-order chi connectivity index (χ0) is 15.7. The van der Waals surface area contributed by atoms with E-state index < -0.39 is 5.54 Å². The molecule has 1 aromatic rings. The number of carbonyl (C=O) groups is 1. The summed E-state index contributed by atoms with van der Waals surface area (Å²) in [5.41, 5.74) is 4.67. The number of hydrogen-bond acceptors (Lipinski definition) is 6. The van der Waals surface area contributed by atoms with Crippen LogP contribution in [0.3, 0.4) is 0 Å². The van der Waals surface area contributed by atoms with Crippen LogP contribution in [0.2, 0.25) is 0 Å². The van der Waals surface area contributed by atoms with Crippen molar-refractivity contribution >= 4 is 5.91 Å². The standard InChI is InChI=1S/C14H24N4O3/c1-13(2,3)12-16-10(21-17-12)8-18-7-5-6-14(18,9-20-4)11(15)19/h5-9H2,1-4H3,(H2,15,19). The van der Waals surface area contributed by atoms with Crippen molar-refractivity contribution in [1.82, 2.24) is 15.0 Å². The fourth-order valence-electron chi connectivity index (χ4n) is 2.70. The Morgan fingerprint density at radius 3 is 2.76 bits per heavy atom. The zero-order valence-corrected chi connectivity index (χ0v) is 13.2. The Balaban J connectivity index is 2.17. The second-order valence-corrected chi connectivity index (χ2v) is 6.62. The molecule has 0 aliphatic carbocycles. The molecule has 0 aromatic carbocycles. The lowest BCUT2D eigenvalue weighted by molar-refractivity contribution is -0.132. The van der Waals surface area contributed by atoms with E-state index in [2.05, 4.69) is 10.1 Å². The molecule has 1 atom stereocenters. The molecule has 2 N–H and O–H groups in total. The molecule has 7 heteroatoms. The van der Waals surface area contributed by atoms with Gasteiger partial charge in [-0.05, 0) is 19.4 Å². The number of rotatable bonds is 5. The largest absolute Gasteiger partial charge is 0.382 e. The monoisotopic (exact) mass is 296 g/mol. The summed E-state index contributed by atoms with van der Waals surface area (Å²) in [5.74, 6) is 0.800. The molecule has 0 spiro atoms. The minimum absolute atomic E-state index is 0.167. The number of amides is 1. The lowest BCUT2D eigenvalue weighted by Gasteiger charge is -2.34. The van der Waals surface area contributed by atoms with E-state index in [0.717, 1.165) is 13.0 Å². The summed E-state index contributed by atoms with van der Waals surface area (Å²) in [6.07, 6.45) is 1.59. The van der Waals surface area contributed by atoms with Crippen molar-refractivity contribution in [3.63, 3.8) is 0 Å². The number of carbonyl (C=O) groups excluding carboxylic acids is 1. The van der Waals surface area contributed by atoms with E-state index >= 15 is 0 Å². The van der Waals surface area contributed by atoms with E-state index in [4.69, 9.17) is 15.0 Å². The highest BCUT2D eigenvalue weighted by molar-refractivity contribution is 5.85. The molecule has 2 rings (SSSR count). The van der Waals surface area contributed by atoms with Crippen molar-refractivity contribution in [1.29, 1.82) is 0 Å². The summed E-state index contributed by atoms with van der Waals surface area (Å²) < 4.78 is 10.5. The van der Waals surface area contributed by atoms with Crippen molar-refractivity contribution in [3.05, 3.63) is 11.7 Å². The highest BCUT2D eigenvalue weighted by atomic mass is 16.5. The highest BCUT2D eigenvalue weighted by Crippen LogP contribution is 2.31. The van der Waals surface area contributed by atoms with Gasteiger partial charge in [-0.3, -0.25) is 9.69 Å². The van der Waals surface area contributed by atoms with Crippen molar-refractivity contribution in [3.8, 4) is 0 Å². The Labute approximate surface area is 124 Å². The predicted octanol–water partition coefficient (Wildman–Crippen LogP) is 0.833. The van der Waals surface area contributed by atoms with E-state index in [1.54, 1.807) is 7.11 Å². The molecule has 118 valence electrons. The number of aromatic nitrogens is 2. The van der Waals surface area contributed by atoms with Crippen LogP contribution >= 0.6 is 0 Å². The average Bonchev–Trinajstić information content (AvgIpc) is 2.98. The third-order valence-electron chi connectivity index (χ3n) is 3.93. The molecule has 1 aromatic heterocycles. The number of nitrogens with two attached hydrogens (primary N) is 1. The van der Waals surface area contributed by atoms with Crippen LogP contribution in [0.1, 0.15) is 45.3 Å². The van der Waals surface area contributed by atoms with Crippen LogP contribution in [0.4, 0.5) is 0 Å². The van der Waals surface area contributed by atoms with Crippen LogP contribution in [0.5, 0.6) is 0 Å². The van der Waals surface area contributed by atoms with Crippen molar-refractivity contribution in [2.24, 2.45) is 5.73 Å². The normalized spacial score (nSPS) is 23.6. The molecule has 7 nitrogen and oxygen atoms in total. The number of nitrogens with zero attached hydrogens (tertiary/aromatic N) is 3. The zero-order valence-electron chi connectivity index (χ0n) is 13.2. The predicted molar refractivity (Wildman–Crippen MR) is 76.4 cm³/mol. The molecule has 0 bridgehead atoms. The van der Waals surface area contributed by atoms with Gasteiger partial charge in [-0.1, -0.05) is 25.9 Å². The molecule has 1 unspecified atom stereocenters. The lowest BCUT2D eigenvalue weighted by Crippen LogP contribution is -2.56. The maximum atomic E-state index is 11.9. The van der Waals surface area contributed by atoms with Crippen LogP contribution in [0.25, 0.3) is 0 Å². The number of ether oxygens (including phenoxy) is 1. The summed E-state index contributed by atoms with van der Waals surface area (Å²) in [6.45, 7) is 7.53. The molecule has 0 saturated carbocycles. The fraction of sp³-hybridized carbons (Fsp3) is 0.786. The van der Waals surface area contributed by atoms with Crippen molar-refractivity contribution < 1.29 is 14.1 Å². The lowest BCUT2D eigenvalue weighted by atomic mass is 9.96. The molecule has 2 heterocycles. The van der Waals surface area contributed by atoms with Gasteiger partial charge in [0, 0.05) is 12.5 Å². The molecule has 1 aliphatic rings. The summed E-state index contributed by atoms with van der Waals surface area (Å²) in [4.78, 5) is 18.3. The third kappa shape index (κ3) is 3.08. The molecule has 1 amide bonds. The van der Waals surface area contributed by atoms with Gasteiger partial charge in [0.1, 0.15) is 5.54 Å². The van der Waals surface area contributed by atoms with E-state index in [0.29, 0.717) is 24.7 Å². The van der Waals surface area contributed by atoms with Gasteiger partial charge in [-0.15, -0.1) is 0 Å². The first kappa shape index (κ1) is 15.9. The molecule has 1 saturated heterocycles. The second-order valence-electron chi connectivity index (χ2n) is 6.62. The summed E-state index contributed by atoms with van der Waals surface area (Å²) in [7, 11) is 1.57. The molecular weight excluding hydrogens is 272 g/mol. The SMILES string of the molecule is COCC1(C(N)=O)CCCN1Cc1nc(C(C)(C)C)no1. The summed E-state index contributed by atoms with van der Waals surface area (Å²) in [5, 5.41) is 4.01. The van der Waals surface area contributed by atoms with E-state index in [9.17, 15) is 4.79 Å². The first-order valence-corrected chi connectivity index (χ1v) is 7.16. The second kappa shape index (κ2) is 5.73.